The Kier molecular flexibility index (Phi) is 3.65. The van der Waals surface area contributed by atoms with Gasteiger partial charge in [0.05, 0.1) is 5.69 Å². The van der Waals surface area contributed by atoms with Crippen LogP contribution in [0.2, 0.25) is 0 Å². The van der Waals surface area contributed by atoms with E-state index < -0.39 is 0 Å². The summed E-state index contributed by atoms with van der Waals surface area (Å²) in [5.74, 6) is 1.72. The van der Waals surface area contributed by atoms with E-state index in [0.29, 0.717) is 0 Å². The maximum Gasteiger partial charge on any atom is 0.131 e. The van der Waals surface area contributed by atoms with E-state index in [1.165, 1.54) is 0 Å². The first-order chi connectivity index (χ1) is 8.33. The molecule has 0 atom stereocenters. The molecule has 0 aliphatic rings. The standard InChI is InChI=1S/C13H16N4/c1-3-5-12-16-11(8-13(14-2)17-12)10-6-4-7-15-9-10/h4,6-9H,3,5H2,1-2H3,(H,14,16,17). The van der Waals surface area contributed by atoms with Gasteiger partial charge in [0.15, 0.2) is 0 Å². The second-order valence-electron chi connectivity index (χ2n) is 3.80. The molecule has 17 heavy (non-hydrogen) atoms. The SMILES string of the molecule is CCCc1nc(NC)cc(-c2cccnc2)n1. The van der Waals surface area contributed by atoms with Crippen molar-refractivity contribution in [2.24, 2.45) is 0 Å². The van der Waals surface area contributed by atoms with Crippen LogP contribution in [0.25, 0.3) is 11.3 Å². The number of hydrogen-bond acceptors (Lipinski definition) is 4. The molecule has 2 aromatic heterocycles. The molecule has 0 aliphatic heterocycles. The third-order valence-corrected chi connectivity index (χ3v) is 2.46. The van der Waals surface area contributed by atoms with E-state index in [9.17, 15) is 0 Å². The lowest BCUT2D eigenvalue weighted by Gasteiger charge is -2.07. The highest BCUT2D eigenvalue weighted by atomic mass is 15.0. The summed E-state index contributed by atoms with van der Waals surface area (Å²) in [6, 6.07) is 5.86. The van der Waals surface area contributed by atoms with Gasteiger partial charge in [0.25, 0.3) is 0 Å². The van der Waals surface area contributed by atoms with Crippen molar-refractivity contribution < 1.29 is 0 Å². The van der Waals surface area contributed by atoms with Gasteiger partial charge in [-0.1, -0.05) is 6.92 Å². The van der Waals surface area contributed by atoms with Crippen molar-refractivity contribution >= 4 is 5.82 Å². The van der Waals surface area contributed by atoms with E-state index in [1.807, 2.05) is 31.4 Å². The maximum absolute atomic E-state index is 4.55. The number of nitrogens with one attached hydrogen (secondary N) is 1. The molecule has 2 rings (SSSR count). The molecule has 2 heterocycles. The molecule has 88 valence electrons. The first kappa shape index (κ1) is 11.5. The summed E-state index contributed by atoms with van der Waals surface area (Å²) in [6.07, 6.45) is 5.51. The molecular formula is C13H16N4. The minimum atomic E-state index is 0.849. The number of nitrogens with zero attached hydrogens (tertiary/aromatic N) is 3. The van der Waals surface area contributed by atoms with Gasteiger partial charge in [0, 0.05) is 37.5 Å². The average Bonchev–Trinajstić information content (AvgIpc) is 2.40. The molecule has 0 radical (unpaired) electrons. The minimum absolute atomic E-state index is 0.849. The molecule has 4 nitrogen and oxygen atoms in total. The maximum atomic E-state index is 4.55. The van der Waals surface area contributed by atoms with E-state index in [-0.39, 0.29) is 0 Å². The second kappa shape index (κ2) is 5.39. The number of pyridine rings is 1. The van der Waals surface area contributed by atoms with Crippen molar-refractivity contribution in [1.29, 1.82) is 0 Å². The Labute approximate surface area is 101 Å². The third kappa shape index (κ3) is 2.78. The van der Waals surface area contributed by atoms with Gasteiger partial charge in [0.2, 0.25) is 0 Å². The van der Waals surface area contributed by atoms with Crippen LogP contribution in [0.3, 0.4) is 0 Å². The van der Waals surface area contributed by atoms with Crippen LogP contribution in [-0.2, 0) is 6.42 Å². The van der Waals surface area contributed by atoms with Crippen molar-refractivity contribution in [2.45, 2.75) is 19.8 Å². The van der Waals surface area contributed by atoms with Crippen LogP contribution in [0.5, 0.6) is 0 Å². The molecular weight excluding hydrogens is 212 g/mol. The predicted octanol–water partition coefficient (Wildman–Crippen LogP) is 2.53. The van der Waals surface area contributed by atoms with E-state index in [4.69, 9.17) is 0 Å². The third-order valence-electron chi connectivity index (χ3n) is 2.46. The summed E-state index contributed by atoms with van der Waals surface area (Å²) in [4.78, 5) is 13.1. The van der Waals surface area contributed by atoms with E-state index in [2.05, 4.69) is 27.2 Å². The molecule has 0 saturated carbocycles. The van der Waals surface area contributed by atoms with Crippen LogP contribution in [0.15, 0.2) is 30.6 Å². The minimum Gasteiger partial charge on any atom is -0.373 e. The number of anilines is 1. The quantitative estimate of drug-likeness (QED) is 0.873. The van der Waals surface area contributed by atoms with E-state index >= 15 is 0 Å². The van der Waals surface area contributed by atoms with Gasteiger partial charge in [-0.15, -0.1) is 0 Å². The number of rotatable bonds is 4. The summed E-state index contributed by atoms with van der Waals surface area (Å²) in [6.45, 7) is 2.12. The Morgan fingerprint density at radius 1 is 1.29 bits per heavy atom. The van der Waals surface area contributed by atoms with Crippen LogP contribution in [-0.4, -0.2) is 22.0 Å². The largest absolute Gasteiger partial charge is 0.373 e. The Bertz CT molecular complexity index is 482. The average molecular weight is 228 g/mol. The smallest absolute Gasteiger partial charge is 0.131 e. The summed E-state index contributed by atoms with van der Waals surface area (Å²) in [7, 11) is 1.87. The first-order valence-electron chi connectivity index (χ1n) is 5.79. The van der Waals surface area contributed by atoms with Crippen LogP contribution in [0, 0.1) is 0 Å². The highest BCUT2D eigenvalue weighted by molar-refractivity contribution is 5.61. The predicted molar refractivity (Wildman–Crippen MR) is 68.8 cm³/mol. The van der Waals surface area contributed by atoms with Crippen molar-refractivity contribution in [1.82, 2.24) is 15.0 Å². The van der Waals surface area contributed by atoms with Crippen molar-refractivity contribution in [3.05, 3.63) is 36.4 Å². The van der Waals surface area contributed by atoms with Gasteiger partial charge in [-0.25, -0.2) is 9.97 Å². The zero-order chi connectivity index (χ0) is 12.1. The van der Waals surface area contributed by atoms with Crippen molar-refractivity contribution in [2.75, 3.05) is 12.4 Å². The molecule has 0 unspecified atom stereocenters. The molecule has 0 fully saturated rings. The molecule has 4 heteroatoms. The first-order valence-corrected chi connectivity index (χ1v) is 5.79. The topological polar surface area (TPSA) is 50.7 Å². The summed E-state index contributed by atoms with van der Waals surface area (Å²) in [5, 5.41) is 3.06. The monoisotopic (exact) mass is 228 g/mol. The van der Waals surface area contributed by atoms with Crippen LogP contribution in [0.1, 0.15) is 19.2 Å². The van der Waals surface area contributed by atoms with E-state index in [0.717, 1.165) is 35.7 Å². The molecule has 0 bridgehead atoms. The highest BCUT2D eigenvalue weighted by Crippen LogP contribution is 2.18. The zero-order valence-electron chi connectivity index (χ0n) is 10.1. The van der Waals surface area contributed by atoms with Gasteiger partial charge in [-0.2, -0.15) is 0 Å². The summed E-state index contributed by atoms with van der Waals surface area (Å²) >= 11 is 0. The molecule has 2 aromatic rings. The fraction of sp³-hybridized carbons (Fsp3) is 0.308. The van der Waals surface area contributed by atoms with Gasteiger partial charge >= 0.3 is 0 Å². The number of aryl methyl sites for hydroxylation is 1. The lowest BCUT2D eigenvalue weighted by molar-refractivity contribution is 0.838. The number of hydrogen-bond donors (Lipinski definition) is 1. The second-order valence-corrected chi connectivity index (χ2v) is 3.80. The van der Waals surface area contributed by atoms with Crippen molar-refractivity contribution in [3.8, 4) is 11.3 Å². The van der Waals surface area contributed by atoms with Crippen LogP contribution < -0.4 is 5.32 Å². The lowest BCUT2D eigenvalue weighted by atomic mass is 10.2. The van der Waals surface area contributed by atoms with Gasteiger partial charge < -0.3 is 5.32 Å². The van der Waals surface area contributed by atoms with Gasteiger partial charge in [-0.05, 0) is 18.6 Å². The van der Waals surface area contributed by atoms with Crippen LogP contribution in [0.4, 0.5) is 5.82 Å². The van der Waals surface area contributed by atoms with Gasteiger partial charge in [0.1, 0.15) is 11.6 Å². The highest BCUT2D eigenvalue weighted by Gasteiger charge is 2.05. The summed E-state index contributed by atoms with van der Waals surface area (Å²) in [5.41, 5.74) is 1.93. The Hall–Kier alpha value is -1.97. The fourth-order valence-electron chi connectivity index (χ4n) is 1.62. The number of aromatic nitrogens is 3. The molecule has 0 saturated heterocycles. The molecule has 0 aromatic carbocycles. The van der Waals surface area contributed by atoms with Crippen LogP contribution >= 0.6 is 0 Å². The zero-order valence-corrected chi connectivity index (χ0v) is 10.1. The normalized spacial score (nSPS) is 10.2. The van der Waals surface area contributed by atoms with Crippen molar-refractivity contribution in [3.63, 3.8) is 0 Å². The molecule has 0 spiro atoms. The fourth-order valence-corrected chi connectivity index (χ4v) is 1.62. The Balaban J connectivity index is 2.43. The Morgan fingerprint density at radius 2 is 2.18 bits per heavy atom. The van der Waals surface area contributed by atoms with E-state index in [1.54, 1.807) is 6.20 Å². The Morgan fingerprint density at radius 3 is 2.82 bits per heavy atom. The summed E-state index contributed by atoms with van der Waals surface area (Å²) < 4.78 is 0. The molecule has 1 N–H and O–H groups in total. The lowest BCUT2D eigenvalue weighted by Crippen LogP contribution is -2.01. The molecule has 0 aliphatic carbocycles. The van der Waals surface area contributed by atoms with Gasteiger partial charge in [-0.3, -0.25) is 4.98 Å². The molecule has 0 amide bonds.